The number of nitrogens with zero attached hydrogens (tertiary/aromatic N) is 3. The van der Waals surface area contributed by atoms with E-state index in [2.05, 4.69) is 15.0 Å². The van der Waals surface area contributed by atoms with Crippen LogP contribution in [0.25, 0.3) is 11.2 Å². The average Bonchev–Trinajstić information content (AvgIpc) is 2.93. The number of thioether (sulfide) groups is 1. The number of imidazole rings is 1. The first-order chi connectivity index (χ1) is 8.69. The maximum Gasteiger partial charge on any atom is 0.280 e. The Hall–Kier alpha value is -1.58. The number of fused-ring (bicyclic) bond motifs is 1. The van der Waals surface area contributed by atoms with Crippen LogP contribution in [-0.4, -0.2) is 43.3 Å². The summed E-state index contributed by atoms with van der Waals surface area (Å²) in [6.07, 6.45) is 1.53. The van der Waals surface area contributed by atoms with Crippen LogP contribution in [0.1, 0.15) is 5.37 Å². The van der Waals surface area contributed by atoms with Gasteiger partial charge in [-0.05, 0) is 0 Å². The zero-order valence-electron chi connectivity index (χ0n) is 9.24. The van der Waals surface area contributed by atoms with Crippen LogP contribution in [0.3, 0.4) is 0 Å². The van der Waals surface area contributed by atoms with Crippen LogP contribution in [0, 0.1) is 0 Å². The van der Waals surface area contributed by atoms with Gasteiger partial charge in [0.25, 0.3) is 5.56 Å². The fourth-order valence-electron chi connectivity index (χ4n) is 1.84. The van der Waals surface area contributed by atoms with E-state index in [9.17, 15) is 4.79 Å². The van der Waals surface area contributed by atoms with Gasteiger partial charge in [-0.2, -0.15) is 4.98 Å². The summed E-state index contributed by atoms with van der Waals surface area (Å²) >= 11 is 1.45. The number of anilines is 1. The Kier molecular flexibility index (Phi) is 2.73. The van der Waals surface area contributed by atoms with Gasteiger partial charge >= 0.3 is 0 Å². The molecule has 0 radical (unpaired) electrons. The Balaban J connectivity index is 2.05. The summed E-state index contributed by atoms with van der Waals surface area (Å²) in [5.74, 6) is 0.0527. The number of nitrogen functional groups attached to an aromatic ring is 1. The van der Waals surface area contributed by atoms with Crippen molar-refractivity contribution in [2.45, 2.75) is 10.8 Å². The second kappa shape index (κ2) is 4.26. The lowest BCUT2D eigenvalue weighted by atomic mass is 10.5. The molecule has 3 rings (SSSR count). The van der Waals surface area contributed by atoms with Crippen molar-refractivity contribution in [3.05, 3.63) is 16.7 Å². The standard InChI is InChI=1S/C9H11N5O3S/c10-9-12-7-6(8(16)13-9)11-3-14(7)4-2-17-5(1-15)18-4/h3-5,15H,1-2H2,(H3,10,12,13,16)/t4-,5-/m0/s1. The highest BCUT2D eigenvalue weighted by Gasteiger charge is 2.28. The number of rotatable bonds is 2. The van der Waals surface area contributed by atoms with Crippen molar-refractivity contribution in [2.75, 3.05) is 18.9 Å². The Bertz CT molecular complexity index is 639. The maximum absolute atomic E-state index is 11.6. The summed E-state index contributed by atoms with van der Waals surface area (Å²) in [4.78, 5) is 22.1. The Morgan fingerprint density at radius 1 is 1.72 bits per heavy atom. The predicted octanol–water partition coefficient (Wildman–Crippen LogP) is -0.718. The second-order valence-corrected chi connectivity index (χ2v) is 5.15. The fraction of sp³-hybridized carbons (Fsp3) is 0.444. The highest BCUT2D eigenvalue weighted by atomic mass is 32.2. The second-order valence-electron chi connectivity index (χ2n) is 3.81. The maximum atomic E-state index is 11.6. The lowest BCUT2D eigenvalue weighted by Gasteiger charge is -2.09. The van der Waals surface area contributed by atoms with Crippen molar-refractivity contribution in [3.8, 4) is 0 Å². The molecule has 2 aromatic heterocycles. The van der Waals surface area contributed by atoms with E-state index in [4.69, 9.17) is 15.6 Å². The van der Waals surface area contributed by atoms with Crippen molar-refractivity contribution in [1.29, 1.82) is 0 Å². The lowest BCUT2D eigenvalue weighted by Crippen LogP contribution is -2.13. The SMILES string of the molecule is Nc1nc2c(ncn2[C@@H]2CO[C@H](CO)S2)c(=O)[nH]1. The van der Waals surface area contributed by atoms with Gasteiger partial charge in [-0.25, -0.2) is 4.98 Å². The normalized spacial score (nSPS) is 23.8. The Morgan fingerprint density at radius 2 is 2.56 bits per heavy atom. The summed E-state index contributed by atoms with van der Waals surface area (Å²) in [5, 5.41) is 8.95. The summed E-state index contributed by atoms with van der Waals surface area (Å²) in [6.45, 7) is 0.375. The third-order valence-electron chi connectivity index (χ3n) is 2.64. The van der Waals surface area contributed by atoms with Gasteiger partial charge in [-0.1, -0.05) is 0 Å². The molecule has 2 atom stereocenters. The van der Waals surface area contributed by atoms with E-state index >= 15 is 0 Å². The molecule has 4 N–H and O–H groups in total. The molecule has 0 spiro atoms. The van der Waals surface area contributed by atoms with E-state index in [1.165, 1.54) is 18.1 Å². The van der Waals surface area contributed by atoms with Crippen molar-refractivity contribution < 1.29 is 9.84 Å². The quantitative estimate of drug-likeness (QED) is 0.658. The largest absolute Gasteiger partial charge is 0.393 e. The van der Waals surface area contributed by atoms with Crippen LogP contribution < -0.4 is 11.3 Å². The number of H-pyrrole nitrogens is 1. The van der Waals surface area contributed by atoms with E-state index in [1.54, 1.807) is 4.57 Å². The van der Waals surface area contributed by atoms with Crippen LogP contribution >= 0.6 is 11.8 Å². The number of aliphatic hydroxyl groups is 1. The molecular weight excluding hydrogens is 258 g/mol. The molecule has 9 heteroatoms. The predicted molar refractivity (Wildman–Crippen MR) is 66.0 cm³/mol. The monoisotopic (exact) mass is 269 g/mol. The highest BCUT2D eigenvalue weighted by molar-refractivity contribution is 8.00. The molecule has 1 saturated heterocycles. The van der Waals surface area contributed by atoms with E-state index in [0.717, 1.165) is 0 Å². The first-order valence-corrected chi connectivity index (χ1v) is 6.23. The van der Waals surface area contributed by atoms with Crippen molar-refractivity contribution >= 4 is 28.9 Å². The van der Waals surface area contributed by atoms with Gasteiger partial charge in [0.15, 0.2) is 11.2 Å². The average molecular weight is 269 g/mol. The molecule has 1 fully saturated rings. The number of nitrogens with one attached hydrogen (secondary N) is 1. The first kappa shape index (κ1) is 11.5. The number of hydrogen-bond acceptors (Lipinski definition) is 7. The molecule has 96 valence electrons. The van der Waals surface area contributed by atoms with E-state index in [0.29, 0.717) is 12.3 Å². The number of ether oxygens (including phenoxy) is 1. The van der Waals surface area contributed by atoms with Gasteiger partial charge in [-0.15, -0.1) is 11.8 Å². The third kappa shape index (κ3) is 1.76. The molecule has 3 heterocycles. The van der Waals surface area contributed by atoms with Crippen LogP contribution in [0.5, 0.6) is 0 Å². The molecule has 0 unspecified atom stereocenters. The molecule has 2 aromatic rings. The van der Waals surface area contributed by atoms with Gasteiger partial charge in [-0.3, -0.25) is 14.3 Å². The van der Waals surface area contributed by atoms with Gasteiger partial charge in [0.2, 0.25) is 5.95 Å². The molecule has 1 aliphatic heterocycles. The van der Waals surface area contributed by atoms with Crippen LogP contribution in [-0.2, 0) is 4.74 Å². The van der Waals surface area contributed by atoms with Crippen LogP contribution in [0.2, 0.25) is 0 Å². The van der Waals surface area contributed by atoms with E-state index in [1.807, 2.05) is 0 Å². The topological polar surface area (TPSA) is 119 Å². The van der Waals surface area contributed by atoms with Gasteiger partial charge in [0.05, 0.1) is 19.5 Å². The van der Waals surface area contributed by atoms with Crippen molar-refractivity contribution in [3.63, 3.8) is 0 Å². The molecule has 0 amide bonds. The van der Waals surface area contributed by atoms with Crippen LogP contribution in [0.15, 0.2) is 11.1 Å². The molecule has 0 saturated carbocycles. The zero-order valence-corrected chi connectivity index (χ0v) is 10.1. The zero-order chi connectivity index (χ0) is 12.7. The number of hydrogen-bond donors (Lipinski definition) is 3. The number of aromatic nitrogens is 4. The Labute approximate surface area is 105 Å². The number of aliphatic hydroxyl groups excluding tert-OH is 1. The fourth-order valence-corrected chi connectivity index (χ4v) is 2.87. The number of aromatic amines is 1. The van der Waals surface area contributed by atoms with Gasteiger partial charge < -0.3 is 15.6 Å². The van der Waals surface area contributed by atoms with E-state index in [-0.39, 0.29) is 34.4 Å². The smallest absolute Gasteiger partial charge is 0.280 e. The van der Waals surface area contributed by atoms with Gasteiger partial charge in [0.1, 0.15) is 10.8 Å². The summed E-state index contributed by atoms with van der Waals surface area (Å²) in [7, 11) is 0. The molecule has 18 heavy (non-hydrogen) atoms. The summed E-state index contributed by atoms with van der Waals surface area (Å²) < 4.78 is 7.10. The highest BCUT2D eigenvalue weighted by Crippen LogP contribution is 2.36. The van der Waals surface area contributed by atoms with E-state index < -0.39 is 0 Å². The van der Waals surface area contributed by atoms with Gasteiger partial charge in [0, 0.05) is 0 Å². The molecule has 0 aliphatic carbocycles. The first-order valence-electron chi connectivity index (χ1n) is 5.29. The third-order valence-corrected chi connectivity index (χ3v) is 3.91. The minimum atomic E-state index is -0.362. The molecule has 8 nitrogen and oxygen atoms in total. The molecule has 1 aliphatic rings. The minimum Gasteiger partial charge on any atom is -0.393 e. The summed E-state index contributed by atoms with van der Waals surface area (Å²) in [6, 6.07) is 0. The minimum absolute atomic E-state index is 0.0516. The Morgan fingerprint density at radius 3 is 3.28 bits per heavy atom. The number of nitrogens with two attached hydrogens (primary N) is 1. The molecular formula is C9H11N5O3S. The van der Waals surface area contributed by atoms with Crippen molar-refractivity contribution in [2.24, 2.45) is 0 Å². The summed E-state index contributed by atoms with van der Waals surface area (Å²) in [5.41, 5.74) is 5.57. The lowest BCUT2D eigenvalue weighted by molar-refractivity contribution is 0.0810. The molecule has 0 bridgehead atoms. The van der Waals surface area contributed by atoms with Crippen molar-refractivity contribution in [1.82, 2.24) is 19.5 Å². The van der Waals surface area contributed by atoms with Crippen LogP contribution in [0.4, 0.5) is 5.95 Å². The molecule has 0 aromatic carbocycles.